The molecule has 0 radical (unpaired) electrons. The Hall–Kier alpha value is -4.28. The van der Waals surface area contributed by atoms with Crippen molar-refractivity contribution in [2.75, 3.05) is 0 Å². The van der Waals surface area contributed by atoms with E-state index in [9.17, 15) is 18.0 Å². The lowest BCUT2D eigenvalue weighted by atomic mass is 10.1. The first-order valence-corrected chi connectivity index (χ1v) is 11.4. The number of benzene rings is 1. The standard InChI is InChI=1S/C25H20F3N7O/c1-15-9-19-17(10-21(15)34-11-20(30-13-34)16-5-6-16)24(36)35(14-31-19)22-4-2-3-18(32-22)23-29-7-8-33(23)12-25(26,27)28/h2-4,7-11,13-14,16H,5-6,12H2,1H3. The average Bonchev–Trinajstić information content (AvgIpc) is 3.39. The highest BCUT2D eigenvalue weighted by atomic mass is 19.4. The number of halogens is 3. The maximum Gasteiger partial charge on any atom is 0.406 e. The quantitative estimate of drug-likeness (QED) is 0.360. The molecule has 4 aromatic heterocycles. The van der Waals surface area contributed by atoms with Gasteiger partial charge in [0.05, 0.1) is 28.6 Å². The lowest BCUT2D eigenvalue weighted by molar-refractivity contribution is -0.140. The molecule has 0 spiro atoms. The zero-order valence-corrected chi connectivity index (χ0v) is 19.1. The van der Waals surface area contributed by atoms with Gasteiger partial charge in [-0.25, -0.2) is 19.9 Å². The molecule has 182 valence electrons. The molecule has 5 aromatic rings. The van der Waals surface area contributed by atoms with Crippen molar-refractivity contribution in [1.29, 1.82) is 0 Å². The molecule has 8 nitrogen and oxygen atoms in total. The third kappa shape index (κ3) is 4.06. The smallest absolute Gasteiger partial charge is 0.321 e. The summed E-state index contributed by atoms with van der Waals surface area (Å²) >= 11 is 0. The van der Waals surface area contributed by atoms with Gasteiger partial charge in [0, 0.05) is 24.5 Å². The molecule has 0 aliphatic heterocycles. The van der Waals surface area contributed by atoms with E-state index in [2.05, 4.69) is 19.9 Å². The molecular weight excluding hydrogens is 471 g/mol. The lowest BCUT2D eigenvalue weighted by Crippen LogP contribution is -2.21. The molecule has 11 heteroatoms. The highest BCUT2D eigenvalue weighted by Crippen LogP contribution is 2.39. The van der Waals surface area contributed by atoms with E-state index in [0.29, 0.717) is 16.8 Å². The molecule has 0 saturated heterocycles. The van der Waals surface area contributed by atoms with Crippen LogP contribution in [0.5, 0.6) is 0 Å². The second kappa shape index (κ2) is 8.14. The van der Waals surface area contributed by atoms with Gasteiger partial charge in [0.2, 0.25) is 0 Å². The van der Waals surface area contributed by atoms with E-state index in [1.807, 2.05) is 23.8 Å². The third-order valence-corrected chi connectivity index (χ3v) is 6.23. The minimum Gasteiger partial charge on any atom is -0.321 e. The summed E-state index contributed by atoms with van der Waals surface area (Å²) in [6, 6.07) is 8.41. The van der Waals surface area contributed by atoms with Gasteiger partial charge in [0.15, 0.2) is 5.82 Å². The first-order chi connectivity index (χ1) is 17.3. The molecule has 0 atom stereocenters. The number of aryl methyl sites for hydroxylation is 1. The van der Waals surface area contributed by atoms with Crippen LogP contribution in [-0.4, -0.2) is 39.8 Å². The number of nitrogens with zero attached hydrogens (tertiary/aromatic N) is 7. The second-order valence-corrected chi connectivity index (χ2v) is 8.93. The Bertz CT molecular complexity index is 1660. The molecule has 36 heavy (non-hydrogen) atoms. The summed E-state index contributed by atoms with van der Waals surface area (Å²) in [4.78, 5) is 30.9. The van der Waals surface area contributed by atoms with Crippen LogP contribution >= 0.6 is 0 Å². The Balaban J connectivity index is 1.42. The van der Waals surface area contributed by atoms with Crippen LogP contribution in [0.15, 0.2) is 66.4 Å². The summed E-state index contributed by atoms with van der Waals surface area (Å²) in [6.07, 6.45) is 5.54. The van der Waals surface area contributed by atoms with Gasteiger partial charge in [-0.3, -0.25) is 9.36 Å². The minimum absolute atomic E-state index is 0.0560. The molecule has 1 saturated carbocycles. The minimum atomic E-state index is -4.41. The number of hydrogen-bond donors (Lipinski definition) is 0. The van der Waals surface area contributed by atoms with E-state index >= 15 is 0 Å². The molecule has 1 aliphatic carbocycles. The normalized spacial score (nSPS) is 14.0. The first-order valence-electron chi connectivity index (χ1n) is 11.4. The maximum absolute atomic E-state index is 13.5. The Kier molecular flexibility index (Phi) is 5.02. The van der Waals surface area contributed by atoms with Gasteiger partial charge in [0.25, 0.3) is 5.56 Å². The second-order valence-electron chi connectivity index (χ2n) is 8.93. The first kappa shape index (κ1) is 22.2. The maximum atomic E-state index is 13.5. The summed E-state index contributed by atoms with van der Waals surface area (Å²) in [5.74, 6) is 0.797. The average molecular weight is 491 g/mol. The number of alkyl halides is 3. The predicted molar refractivity (Wildman–Crippen MR) is 126 cm³/mol. The summed E-state index contributed by atoms with van der Waals surface area (Å²) in [5, 5.41) is 0.394. The van der Waals surface area contributed by atoms with Gasteiger partial charge < -0.3 is 9.13 Å². The molecule has 0 bridgehead atoms. The van der Waals surface area contributed by atoms with Crippen LogP contribution in [0.3, 0.4) is 0 Å². The van der Waals surface area contributed by atoms with Crippen LogP contribution in [0.4, 0.5) is 13.2 Å². The SMILES string of the molecule is Cc1cc2ncn(-c3cccc(-c4nccn4CC(F)(F)F)n3)c(=O)c2cc1-n1cnc(C2CC2)c1. The van der Waals surface area contributed by atoms with Crippen LogP contribution in [-0.2, 0) is 6.54 Å². The van der Waals surface area contributed by atoms with Gasteiger partial charge in [-0.05, 0) is 49.6 Å². The Morgan fingerprint density at radius 3 is 2.69 bits per heavy atom. The van der Waals surface area contributed by atoms with E-state index < -0.39 is 12.7 Å². The molecular formula is C25H20F3N7O. The Labute approximate surface area is 202 Å². The van der Waals surface area contributed by atoms with E-state index in [-0.39, 0.29) is 22.9 Å². The van der Waals surface area contributed by atoms with Gasteiger partial charge in [0.1, 0.15) is 24.4 Å². The topological polar surface area (TPSA) is 83.4 Å². The lowest BCUT2D eigenvalue weighted by Gasteiger charge is -2.12. The molecule has 0 N–H and O–H groups in total. The van der Waals surface area contributed by atoms with Gasteiger partial charge in [-0.15, -0.1) is 0 Å². The van der Waals surface area contributed by atoms with Crippen LogP contribution in [0.2, 0.25) is 0 Å². The van der Waals surface area contributed by atoms with E-state index in [1.165, 1.54) is 23.3 Å². The van der Waals surface area contributed by atoms with Crippen LogP contribution in [0.1, 0.15) is 30.0 Å². The molecule has 0 unspecified atom stereocenters. The zero-order chi connectivity index (χ0) is 25.0. The molecule has 1 fully saturated rings. The summed E-state index contributed by atoms with van der Waals surface area (Å²) in [5.41, 5.74) is 3.23. The monoisotopic (exact) mass is 491 g/mol. The van der Waals surface area contributed by atoms with E-state index in [0.717, 1.165) is 34.4 Å². The molecule has 1 aromatic carbocycles. The van der Waals surface area contributed by atoms with Crippen molar-refractivity contribution < 1.29 is 13.2 Å². The Morgan fingerprint density at radius 2 is 1.92 bits per heavy atom. The predicted octanol–water partition coefficient (Wildman–Crippen LogP) is 4.58. The van der Waals surface area contributed by atoms with E-state index in [1.54, 1.807) is 30.6 Å². The number of aromatic nitrogens is 7. The van der Waals surface area contributed by atoms with Crippen molar-refractivity contribution in [2.24, 2.45) is 0 Å². The fourth-order valence-electron chi connectivity index (χ4n) is 4.31. The number of imidazole rings is 2. The van der Waals surface area contributed by atoms with Crippen molar-refractivity contribution in [1.82, 2.24) is 33.6 Å². The fraction of sp³-hybridized carbons (Fsp3) is 0.240. The fourth-order valence-corrected chi connectivity index (χ4v) is 4.31. The molecule has 6 rings (SSSR count). The largest absolute Gasteiger partial charge is 0.406 e. The van der Waals surface area contributed by atoms with Crippen molar-refractivity contribution in [3.8, 4) is 23.0 Å². The zero-order valence-electron chi connectivity index (χ0n) is 19.1. The van der Waals surface area contributed by atoms with Gasteiger partial charge in [-0.2, -0.15) is 13.2 Å². The van der Waals surface area contributed by atoms with Gasteiger partial charge in [-0.1, -0.05) is 6.07 Å². The highest BCUT2D eigenvalue weighted by molar-refractivity contribution is 5.81. The number of hydrogen-bond acceptors (Lipinski definition) is 5. The third-order valence-electron chi connectivity index (χ3n) is 6.23. The van der Waals surface area contributed by atoms with Crippen molar-refractivity contribution >= 4 is 10.9 Å². The van der Waals surface area contributed by atoms with Crippen molar-refractivity contribution in [3.05, 3.63) is 83.2 Å². The van der Waals surface area contributed by atoms with Crippen LogP contribution < -0.4 is 5.56 Å². The number of pyridine rings is 1. The van der Waals surface area contributed by atoms with Crippen LogP contribution in [0.25, 0.3) is 33.9 Å². The molecule has 0 amide bonds. The van der Waals surface area contributed by atoms with Crippen molar-refractivity contribution in [2.45, 2.75) is 38.4 Å². The highest BCUT2D eigenvalue weighted by Gasteiger charge is 2.29. The van der Waals surface area contributed by atoms with Crippen molar-refractivity contribution in [3.63, 3.8) is 0 Å². The number of fused-ring (bicyclic) bond motifs is 1. The summed E-state index contributed by atoms with van der Waals surface area (Å²) in [7, 11) is 0. The van der Waals surface area contributed by atoms with Gasteiger partial charge >= 0.3 is 6.18 Å². The molecule has 4 heterocycles. The van der Waals surface area contributed by atoms with Crippen LogP contribution in [0, 0.1) is 6.92 Å². The summed E-state index contributed by atoms with van der Waals surface area (Å²) in [6.45, 7) is 0.761. The summed E-state index contributed by atoms with van der Waals surface area (Å²) < 4.78 is 43.1. The molecule has 1 aliphatic rings. The van der Waals surface area contributed by atoms with E-state index in [4.69, 9.17) is 0 Å². The Morgan fingerprint density at radius 1 is 1.08 bits per heavy atom. The number of rotatable bonds is 5.